The minimum absolute atomic E-state index is 0.0465. The first-order chi connectivity index (χ1) is 17.7. The fourth-order valence-corrected chi connectivity index (χ4v) is 3.37. The summed E-state index contributed by atoms with van der Waals surface area (Å²) in [5.41, 5.74) is -3.64. The number of nitrogens with zero attached hydrogens (tertiary/aromatic N) is 3. The van der Waals surface area contributed by atoms with Gasteiger partial charge in [-0.1, -0.05) is 11.6 Å². The van der Waals surface area contributed by atoms with Crippen molar-refractivity contribution in [2.75, 3.05) is 17.2 Å². The van der Waals surface area contributed by atoms with Crippen LogP contribution in [0.25, 0.3) is 0 Å². The van der Waals surface area contributed by atoms with Crippen LogP contribution in [-0.2, 0) is 25.9 Å². The number of nitrogens with one attached hydrogen (secondary N) is 2. The van der Waals surface area contributed by atoms with Crippen molar-refractivity contribution in [2.24, 2.45) is 7.05 Å². The third kappa shape index (κ3) is 6.82. The van der Waals surface area contributed by atoms with Gasteiger partial charge in [0.2, 0.25) is 0 Å². The molecule has 0 fully saturated rings. The maximum absolute atomic E-state index is 12.7. The average Bonchev–Trinajstić information content (AvgIpc) is 2.84. The van der Waals surface area contributed by atoms with Gasteiger partial charge >= 0.3 is 18.0 Å². The summed E-state index contributed by atoms with van der Waals surface area (Å²) in [7, 11) is 1.16. The Kier molecular flexibility index (Phi) is 8.35. The minimum Gasteiger partial charge on any atom is -0.367 e. The van der Waals surface area contributed by atoms with Crippen molar-refractivity contribution in [3.63, 3.8) is 0 Å². The molecule has 15 heteroatoms. The maximum Gasteiger partial charge on any atom is 0.417 e. The molecule has 1 aromatic carbocycles. The molecule has 0 aliphatic heterocycles. The van der Waals surface area contributed by atoms with Crippen LogP contribution in [0, 0.1) is 0 Å². The van der Waals surface area contributed by atoms with Crippen molar-refractivity contribution in [3.8, 4) is 0 Å². The van der Waals surface area contributed by atoms with Crippen LogP contribution >= 0.6 is 11.6 Å². The van der Waals surface area contributed by atoms with Gasteiger partial charge in [0, 0.05) is 50.5 Å². The molecule has 3 rings (SSSR count). The zero-order valence-corrected chi connectivity index (χ0v) is 20.1. The fraction of sp³-hybridized carbons (Fsp3) is 0.217. The number of ketones is 1. The molecule has 0 aliphatic carbocycles. The molecule has 0 spiro atoms. The summed E-state index contributed by atoms with van der Waals surface area (Å²) in [5.74, 6) is -0.856. The number of rotatable bonds is 8. The number of hydrogen-bond donors (Lipinski definition) is 2. The zero-order valence-electron chi connectivity index (χ0n) is 19.3. The number of carbonyl (C=O) groups is 1. The molecule has 8 nitrogen and oxygen atoms in total. The van der Waals surface area contributed by atoms with Crippen molar-refractivity contribution < 1.29 is 31.1 Å². The highest BCUT2D eigenvalue weighted by atomic mass is 35.5. The van der Waals surface area contributed by atoms with E-state index in [0.717, 1.165) is 54.4 Å². The molecule has 0 amide bonds. The molecule has 2 N–H and O–H groups in total. The normalized spacial score (nSPS) is 12.1. The number of aromatic nitrogens is 3. The first-order valence-corrected chi connectivity index (χ1v) is 11.0. The van der Waals surface area contributed by atoms with Gasteiger partial charge in [-0.3, -0.25) is 18.7 Å². The molecule has 0 saturated carbocycles. The number of carbonyl (C=O) groups excluding carboxylic acids is 1. The van der Waals surface area contributed by atoms with Crippen molar-refractivity contribution in [2.45, 2.75) is 18.9 Å². The van der Waals surface area contributed by atoms with Gasteiger partial charge in [0.25, 0.3) is 5.56 Å². The average molecular weight is 562 g/mol. The highest BCUT2D eigenvalue weighted by molar-refractivity contribution is 6.32. The van der Waals surface area contributed by atoms with Crippen LogP contribution in [0.4, 0.5) is 37.8 Å². The number of alkyl halides is 6. The summed E-state index contributed by atoms with van der Waals surface area (Å²) in [4.78, 5) is 41.1. The molecule has 0 radical (unpaired) electrons. The second kappa shape index (κ2) is 11.1. The highest BCUT2D eigenvalue weighted by Gasteiger charge is 2.31. The van der Waals surface area contributed by atoms with Gasteiger partial charge in [0.05, 0.1) is 16.1 Å². The van der Waals surface area contributed by atoms with Crippen LogP contribution in [0.3, 0.4) is 0 Å². The molecule has 3 aromatic rings. The summed E-state index contributed by atoms with van der Waals surface area (Å²) < 4.78 is 77.9. The van der Waals surface area contributed by atoms with Gasteiger partial charge in [-0.05, 0) is 30.3 Å². The number of benzene rings is 1. The van der Waals surface area contributed by atoms with Crippen LogP contribution in [0.2, 0.25) is 5.02 Å². The van der Waals surface area contributed by atoms with Gasteiger partial charge < -0.3 is 10.6 Å². The number of allylic oxidation sites excluding steroid dienone is 1. The predicted octanol–water partition coefficient (Wildman–Crippen LogP) is 4.55. The van der Waals surface area contributed by atoms with E-state index in [1.165, 1.54) is 0 Å². The van der Waals surface area contributed by atoms with E-state index >= 15 is 0 Å². The molecular formula is C23H18ClF6N5O3. The van der Waals surface area contributed by atoms with Crippen LogP contribution < -0.4 is 21.9 Å². The second-order valence-corrected chi connectivity index (χ2v) is 8.19. The van der Waals surface area contributed by atoms with Crippen LogP contribution in [0.5, 0.6) is 0 Å². The minimum atomic E-state index is -4.62. The second-order valence-electron chi connectivity index (χ2n) is 7.78. The molecule has 0 aliphatic rings. The zero-order chi connectivity index (χ0) is 28.3. The first-order valence-electron chi connectivity index (χ1n) is 10.6. The van der Waals surface area contributed by atoms with Gasteiger partial charge in [0.15, 0.2) is 5.78 Å². The van der Waals surface area contributed by atoms with Gasteiger partial charge in [0.1, 0.15) is 11.4 Å². The number of halogens is 7. The molecular weight excluding hydrogens is 544 g/mol. The Morgan fingerprint density at radius 2 is 1.68 bits per heavy atom. The quantitative estimate of drug-likeness (QED) is 0.238. The molecule has 202 valence electrons. The van der Waals surface area contributed by atoms with Crippen molar-refractivity contribution in [1.29, 1.82) is 0 Å². The van der Waals surface area contributed by atoms with Crippen molar-refractivity contribution in [3.05, 3.63) is 97.6 Å². The summed E-state index contributed by atoms with van der Waals surface area (Å²) in [5, 5.41) is 4.99. The molecule has 0 atom stereocenters. The standard InChI is InChI=1S/C23H18ClF6N5O3/c1-34-20(37)16(18(36)6-7-31-15-4-2-13(3-5-15)22(25,26)27)12-35(21(34)38)9-8-32-19-17(24)10-14(11-33-19)23(28,29)30/h2-7,10-12,31H,8-9H2,1H3,(H,32,33)/b7-6+. The maximum atomic E-state index is 12.7. The van der Waals surface area contributed by atoms with Crippen LogP contribution in [0.15, 0.2) is 64.6 Å². The smallest absolute Gasteiger partial charge is 0.367 e. The lowest BCUT2D eigenvalue weighted by Crippen LogP contribution is -2.41. The lowest BCUT2D eigenvalue weighted by atomic mass is 10.2. The van der Waals surface area contributed by atoms with E-state index in [4.69, 9.17) is 11.6 Å². The van der Waals surface area contributed by atoms with Gasteiger partial charge in [-0.2, -0.15) is 26.3 Å². The Labute approximate surface area is 215 Å². The third-order valence-electron chi connectivity index (χ3n) is 5.13. The Hall–Kier alpha value is -4.07. The molecule has 2 aromatic heterocycles. The Morgan fingerprint density at radius 1 is 1.05 bits per heavy atom. The van der Waals surface area contributed by atoms with Crippen LogP contribution in [-0.4, -0.2) is 26.4 Å². The third-order valence-corrected chi connectivity index (χ3v) is 5.42. The number of anilines is 2. The highest BCUT2D eigenvalue weighted by Crippen LogP contribution is 2.32. The van der Waals surface area contributed by atoms with E-state index in [2.05, 4.69) is 15.6 Å². The van der Waals surface area contributed by atoms with E-state index in [1.54, 1.807) is 0 Å². The monoisotopic (exact) mass is 561 g/mol. The SMILES string of the molecule is Cn1c(=O)c(C(=O)/C=C/Nc2ccc(C(F)(F)F)cc2)cn(CCNc2ncc(C(F)(F)F)cc2Cl)c1=O. The Bertz CT molecular complexity index is 1480. The molecule has 38 heavy (non-hydrogen) atoms. The fourth-order valence-electron chi connectivity index (χ4n) is 3.13. The molecule has 2 heterocycles. The van der Waals surface area contributed by atoms with E-state index in [9.17, 15) is 40.7 Å². The summed E-state index contributed by atoms with van der Waals surface area (Å²) in [6.07, 6.45) is -5.41. The summed E-state index contributed by atoms with van der Waals surface area (Å²) >= 11 is 5.83. The van der Waals surface area contributed by atoms with Gasteiger partial charge in [-0.25, -0.2) is 9.78 Å². The largest absolute Gasteiger partial charge is 0.417 e. The Balaban J connectivity index is 1.70. The topological polar surface area (TPSA) is 98.0 Å². The number of hydrogen-bond acceptors (Lipinski definition) is 6. The van der Waals surface area contributed by atoms with E-state index in [1.807, 2.05) is 0 Å². The van der Waals surface area contributed by atoms with E-state index < -0.39 is 40.5 Å². The van der Waals surface area contributed by atoms with Crippen molar-refractivity contribution >= 4 is 28.9 Å². The lowest BCUT2D eigenvalue weighted by Gasteiger charge is -2.12. The lowest BCUT2D eigenvalue weighted by molar-refractivity contribution is -0.138. The first kappa shape index (κ1) is 28.5. The Morgan fingerprint density at radius 3 is 2.26 bits per heavy atom. The molecule has 0 unspecified atom stereocenters. The van der Waals surface area contributed by atoms with Gasteiger partial charge in [-0.15, -0.1) is 0 Å². The molecule has 0 bridgehead atoms. The van der Waals surface area contributed by atoms with Crippen LogP contribution in [0.1, 0.15) is 21.5 Å². The van der Waals surface area contributed by atoms with E-state index in [-0.39, 0.29) is 35.2 Å². The van der Waals surface area contributed by atoms with Crippen molar-refractivity contribution in [1.82, 2.24) is 14.1 Å². The summed E-state index contributed by atoms with van der Waals surface area (Å²) in [6, 6.07) is 4.70. The summed E-state index contributed by atoms with van der Waals surface area (Å²) in [6.45, 7) is -0.158. The number of pyridine rings is 1. The predicted molar refractivity (Wildman–Crippen MR) is 127 cm³/mol. The van der Waals surface area contributed by atoms with E-state index in [0.29, 0.717) is 16.8 Å². The molecule has 0 saturated heterocycles.